The molecule has 4 aromatic rings. The Bertz CT molecular complexity index is 1310. The van der Waals surface area contributed by atoms with Crippen molar-refractivity contribution in [3.05, 3.63) is 68.1 Å². The number of halogens is 4. The first-order valence-corrected chi connectivity index (χ1v) is 10.0. The summed E-state index contributed by atoms with van der Waals surface area (Å²) in [7, 11) is 0. The zero-order valence-corrected chi connectivity index (χ0v) is 17.1. The Morgan fingerprint density at radius 1 is 1.33 bits per heavy atom. The van der Waals surface area contributed by atoms with Crippen molar-refractivity contribution in [1.29, 1.82) is 0 Å². The van der Waals surface area contributed by atoms with Crippen molar-refractivity contribution in [3.8, 4) is 17.0 Å². The molecule has 0 spiro atoms. The van der Waals surface area contributed by atoms with Gasteiger partial charge in [-0.05, 0) is 24.6 Å². The van der Waals surface area contributed by atoms with Crippen LogP contribution in [-0.4, -0.2) is 14.0 Å². The van der Waals surface area contributed by atoms with Crippen molar-refractivity contribution < 1.29 is 22.8 Å². The van der Waals surface area contributed by atoms with E-state index in [4.69, 9.17) is 11.6 Å². The van der Waals surface area contributed by atoms with E-state index in [9.17, 15) is 23.1 Å². The van der Waals surface area contributed by atoms with Crippen molar-refractivity contribution in [2.75, 3.05) is 0 Å². The fourth-order valence-corrected chi connectivity index (χ4v) is 4.27. The van der Waals surface area contributed by atoms with Gasteiger partial charge in [-0.2, -0.15) is 17.6 Å². The first-order chi connectivity index (χ1) is 14.2. The third kappa shape index (κ3) is 3.46. The highest BCUT2D eigenvalue weighted by Gasteiger charge is 2.31. The molecule has 0 N–H and O–H groups in total. The van der Waals surface area contributed by atoms with Gasteiger partial charge in [0.15, 0.2) is 4.47 Å². The number of alkyl halides is 3. The van der Waals surface area contributed by atoms with Crippen LogP contribution in [0.25, 0.3) is 16.9 Å². The largest absolute Gasteiger partial charge is 0.848 e. The summed E-state index contributed by atoms with van der Waals surface area (Å²) in [4.78, 5) is 17.7. The number of benzene rings is 1. The summed E-state index contributed by atoms with van der Waals surface area (Å²) in [5.41, 5.74) is -2.03. The zero-order chi connectivity index (χ0) is 21.6. The summed E-state index contributed by atoms with van der Waals surface area (Å²) in [6.45, 7) is 2.41. The van der Waals surface area contributed by atoms with Gasteiger partial charge in [0.2, 0.25) is 0 Å². The van der Waals surface area contributed by atoms with E-state index in [0.29, 0.717) is 21.7 Å². The SMILES string of the molecule is CC[n+]1ccn2c(=O)c(-c3cccc(C(F)(F)F)c3)c([O-])n(Cc3cnc(Cl)s3)c21. The molecule has 0 bridgehead atoms. The average Bonchev–Trinajstić information content (AvgIpc) is 3.31. The minimum absolute atomic E-state index is 0.0724. The molecule has 1 aromatic carbocycles. The monoisotopic (exact) mass is 454 g/mol. The Morgan fingerprint density at radius 3 is 2.73 bits per heavy atom. The van der Waals surface area contributed by atoms with Crippen LogP contribution in [-0.2, 0) is 19.3 Å². The molecule has 0 radical (unpaired) electrons. The second kappa shape index (κ2) is 7.44. The molecule has 0 fully saturated rings. The van der Waals surface area contributed by atoms with Gasteiger partial charge in [0.1, 0.15) is 12.7 Å². The number of nitrogens with zero attached hydrogens (tertiary/aromatic N) is 4. The highest BCUT2D eigenvalue weighted by atomic mass is 35.5. The number of hydrogen-bond acceptors (Lipinski definition) is 4. The normalized spacial score (nSPS) is 12.0. The molecule has 0 saturated carbocycles. The lowest BCUT2D eigenvalue weighted by Crippen LogP contribution is -2.37. The molecule has 3 aromatic heterocycles. The second-order valence-electron chi connectivity index (χ2n) is 6.48. The Kier molecular flexibility index (Phi) is 5.07. The van der Waals surface area contributed by atoms with Crippen LogP contribution in [0.2, 0.25) is 4.47 Å². The van der Waals surface area contributed by atoms with Crippen molar-refractivity contribution in [1.82, 2.24) is 14.0 Å². The molecule has 30 heavy (non-hydrogen) atoms. The highest BCUT2D eigenvalue weighted by Crippen LogP contribution is 2.33. The van der Waals surface area contributed by atoms with Crippen LogP contribution >= 0.6 is 22.9 Å². The Labute approximate surface area is 177 Å². The van der Waals surface area contributed by atoms with Crippen LogP contribution in [0.4, 0.5) is 13.2 Å². The van der Waals surface area contributed by atoms with Gasteiger partial charge < -0.3 is 5.11 Å². The van der Waals surface area contributed by atoms with Gasteiger partial charge in [0.05, 0.1) is 28.7 Å². The predicted octanol–water partition coefficient (Wildman–Crippen LogP) is 3.33. The fraction of sp³-hybridized carbons (Fsp3) is 0.211. The molecule has 0 aliphatic rings. The molecule has 0 aliphatic heterocycles. The lowest BCUT2D eigenvalue weighted by Gasteiger charge is -2.18. The molecule has 11 heteroatoms. The molecule has 6 nitrogen and oxygen atoms in total. The molecule has 0 atom stereocenters. The van der Waals surface area contributed by atoms with E-state index >= 15 is 0 Å². The maximum Gasteiger partial charge on any atom is 0.416 e. The quantitative estimate of drug-likeness (QED) is 0.444. The molecule has 3 heterocycles. The van der Waals surface area contributed by atoms with E-state index in [0.717, 1.165) is 12.1 Å². The van der Waals surface area contributed by atoms with Gasteiger partial charge in [-0.15, -0.1) is 11.3 Å². The number of rotatable bonds is 4. The van der Waals surface area contributed by atoms with Crippen molar-refractivity contribution in [2.45, 2.75) is 26.2 Å². The zero-order valence-electron chi connectivity index (χ0n) is 15.5. The summed E-state index contributed by atoms with van der Waals surface area (Å²) in [6.07, 6.45) is 0.0561. The standard InChI is InChI=1S/C19H14ClF3N4O2S/c1-2-25-6-7-26-15(28)14(11-4-3-5-12(8-11)19(21,22)23)16(29)27(18(25)26)10-13-9-24-17(20)30-13/h3-9H,2,10H2,1H3. The van der Waals surface area contributed by atoms with E-state index in [2.05, 4.69) is 4.98 Å². The summed E-state index contributed by atoms with van der Waals surface area (Å²) < 4.78 is 44.1. The van der Waals surface area contributed by atoms with Crippen molar-refractivity contribution in [2.24, 2.45) is 0 Å². The molecule has 4 rings (SSSR count). The average molecular weight is 455 g/mol. The summed E-state index contributed by atoms with van der Waals surface area (Å²) in [5, 5.41) is 13.3. The van der Waals surface area contributed by atoms with Gasteiger partial charge in [-0.1, -0.05) is 23.7 Å². The number of aryl methyl sites for hydroxylation is 1. The van der Waals surface area contributed by atoms with Gasteiger partial charge in [0, 0.05) is 12.1 Å². The Balaban J connectivity index is 2.01. The molecule has 156 valence electrons. The smallest absolute Gasteiger partial charge is 0.416 e. The fourth-order valence-electron chi connectivity index (χ4n) is 3.30. The molecule has 0 amide bonds. The van der Waals surface area contributed by atoms with Crippen molar-refractivity contribution >= 4 is 28.7 Å². The van der Waals surface area contributed by atoms with Crippen LogP contribution in [0, 0.1) is 0 Å². The molecular formula is C19H14ClF3N4O2S. The third-order valence-corrected chi connectivity index (χ3v) is 5.76. The summed E-state index contributed by atoms with van der Waals surface area (Å²) in [5.74, 6) is -0.356. The number of hydrogen-bond donors (Lipinski definition) is 0. The Morgan fingerprint density at radius 2 is 2.10 bits per heavy atom. The van der Waals surface area contributed by atoms with E-state index in [1.54, 1.807) is 10.8 Å². The van der Waals surface area contributed by atoms with E-state index < -0.39 is 23.2 Å². The number of imidazole rings is 1. The minimum Gasteiger partial charge on any atom is -0.848 e. The lowest BCUT2D eigenvalue weighted by atomic mass is 10.0. The number of thiazole rings is 1. The molecular weight excluding hydrogens is 441 g/mol. The maximum atomic E-state index is 13.3. The van der Waals surface area contributed by atoms with E-state index in [1.807, 2.05) is 6.92 Å². The number of aromatic nitrogens is 4. The molecule has 0 saturated heterocycles. The summed E-state index contributed by atoms with van der Waals surface area (Å²) in [6, 6.07) is 4.21. The van der Waals surface area contributed by atoms with Crippen LogP contribution in [0.3, 0.4) is 0 Å². The van der Waals surface area contributed by atoms with Crippen molar-refractivity contribution in [3.63, 3.8) is 0 Å². The second-order valence-corrected chi connectivity index (χ2v) is 8.18. The van der Waals surface area contributed by atoms with Gasteiger partial charge >= 0.3 is 17.5 Å². The topological polar surface area (TPSA) is 66.2 Å². The van der Waals surface area contributed by atoms with Crippen LogP contribution < -0.4 is 15.2 Å². The first kappa shape index (κ1) is 20.4. The van der Waals surface area contributed by atoms with Crippen LogP contribution in [0.1, 0.15) is 17.4 Å². The minimum atomic E-state index is -4.60. The predicted molar refractivity (Wildman–Crippen MR) is 104 cm³/mol. The third-order valence-electron chi connectivity index (χ3n) is 4.66. The summed E-state index contributed by atoms with van der Waals surface area (Å²) >= 11 is 7.06. The molecule has 0 unspecified atom stereocenters. The molecule has 0 aliphatic carbocycles. The van der Waals surface area contributed by atoms with Gasteiger partial charge in [0.25, 0.3) is 0 Å². The first-order valence-electron chi connectivity index (χ1n) is 8.83. The maximum absolute atomic E-state index is 13.3. The van der Waals surface area contributed by atoms with Crippen LogP contribution in [0.15, 0.2) is 47.7 Å². The van der Waals surface area contributed by atoms with E-state index in [1.165, 1.54) is 44.8 Å². The van der Waals surface area contributed by atoms with Crippen LogP contribution in [0.5, 0.6) is 5.88 Å². The van der Waals surface area contributed by atoms with Gasteiger partial charge in [-0.3, -0.25) is 0 Å². The lowest BCUT2D eigenvalue weighted by molar-refractivity contribution is -0.670. The highest BCUT2D eigenvalue weighted by molar-refractivity contribution is 7.15. The van der Waals surface area contributed by atoms with E-state index in [-0.39, 0.29) is 17.7 Å². The van der Waals surface area contributed by atoms with Gasteiger partial charge in [-0.25, -0.2) is 18.9 Å². The number of fused-ring (bicyclic) bond motifs is 1. The Hall–Kier alpha value is -2.85.